The Morgan fingerprint density at radius 2 is 1.70 bits per heavy atom. The SMILES string of the molecule is CCCCNC(=O)Nc1ccc(N(C)C)c(CN(C(=O)C(C)(C)C)C(C)c2ccccc2)c1. The number of nitrogens with zero attached hydrogens (tertiary/aromatic N) is 2. The highest BCUT2D eigenvalue weighted by atomic mass is 16.2. The summed E-state index contributed by atoms with van der Waals surface area (Å²) in [6.45, 7) is 11.1. The Kier molecular flexibility index (Phi) is 9.32. The fourth-order valence-electron chi connectivity index (χ4n) is 3.69. The largest absolute Gasteiger partial charge is 0.377 e. The summed E-state index contributed by atoms with van der Waals surface area (Å²) in [7, 11) is 3.97. The van der Waals surface area contributed by atoms with Gasteiger partial charge in [0.05, 0.1) is 6.04 Å². The van der Waals surface area contributed by atoms with Crippen molar-refractivity contribution in [1.82, 2.24) is 10.2 Å². The second-order valence-electron chi connectivity index (χ2n) is 9.74. The number of amides is 3. The molecule has 2 aromatic carbocycles. The van der Waals surface area contributed by atoms with Crippen LogP contribution in [-0.4, -0.2) is 37.5 Å². The van der Waals surface area contributed by atoms with Crippen molar-refractivity contribution in [1.29, 1.82) is 0 Å². The third kappa shape index (κ3) is 7.52. The number of benzene rings is 2. The molecule has 0 aliphatic rings. The van der Waals surface area contributed by atoms with Gasteiger partial charge in [0.25, 0.3) is 0 Å². The van der Waals surface area contributed by atoms with Gasteiger partial charge in [-0.3, -0.25) is 4.79 Å². The van der Waals surface area contributed by atoms with Gasteiger partial charge in [-0.1, -0.05) is 64.4 Å². The molecule has 0 saturated carbocycles. The van der Waals surface area contributed by atoms with Crippen molar-refractivity contribution in [3.05, 3.63) is 59.7 Å². The molecule has 33 heavy (non-hydrogen) atoms. The van der Waals surface area contributed by atoms with Crippen LogP contribution in [0.2, 0.25) is 0 Å². The predicted molar refractivity (Wildman–Crippen MR) is 138 cm³/mol. The van der Waals surface area contributed by atoms with E-state index in [4.69, 9.17) is 0 Å². The van der Waals surface area contributed by atoms with Gasteiger partial charge in [-0.2, -0.15) is 0 Å². The molecule has 3 amide bonds. The highest BCUT2D eigenvalue weighted by molar-refractivity contribution is 5.89. The van der Waals surface area contributed by atoms with Crippen molar-refractivity contribution < 1.29 is 9.59 Å². The van der Waals surface area contributed by atoms with Crippen molar-refractivity contribution in [3.63, 3.8) is 0 Å². The number of hydrogen-bond acceptors (Lipinski definition) is 3. The molecular weight excluding hydrogens is 412 g/mol. The van der Waals surface area contributed by atoms with Crippen molar-refractivity contribution >= 4 is 23.3 Å². The van der Waals surface area contributed by atoms with Gasteiger partial charge in [-0.25, -0.2) is 4.79 Å². The molecular formula is C27H40N4O2. The number of carbonyl (C=O) groups is 2. The normalized spacial score (nSPS) is 12.1. The van der Waals surface area contributed by atoms with Gasteiger partial charge in [-0.05, 0) is 42.7 Å². The summed E-state index contributed by atoms with van der Waals surface area (Å²) in [6.07, 6.45) is 1.97. The van der Waals surface area contributed by atoms with Crippen molar-refractivity contribution in [3.8, 4) is 0 Å². The first-order valence-electron chi connectivity index (χ1n) is 11.8. The maximum absolute atomic E-state index is 13.5. The van der Waals surface area contributed by atoms with Crippen LogP contribution in [0, 0.1) is 5.41 Å². The summed E-state index contributed by atoms with van der Waals surface area (Å²) in [6, 6.07) is 15.6. The molecule has 1 atom stereocenters. The van der Waals surface area contributed by atoms with E-state index in [1.165, 1.54) is 0 Å². The standard InChI is InChI=1S/C27H40N4O2/c1-8-9-17-28-26(33)29-23-15-16-24(30(6)7)22(18-23)19-31(25(32)27(3,4)5)20(2)21-13-11-10-12-14-21/h10-16,18,20H,8-9,17,19H2,1-7H3,(H2,28,29,33). The minimum atomic E-state index is -0.518. The molecule has 6 heteroatoms. The van der Waals surface area contributed by atoms with E-state index in [2.05, 4.69) is 36.6 Å². The number of carbonyl (C=O) groups excluding carboxylic acids is 2. The molecule has 2 rings (SSSR count). The van der Waals surface area contributed by atoms with E-state index < -0.39 is 5.41 Å². The lowest BCUT2D eigenvalue weighted by Crippen LogP contribution is -2.41. The molecule has 0 heterocycles. The molecule has 0 fully saturated rings. The fourth-order valence-corrected chi connectivity index (χ4v) is 3.69. The molecule has 180 valence electrons. The van der Waals surface area contributed by atoms with E-state index in [-0.39, 0.29) is 18.0 Å². The van der Waals surface area contributed by atoms with Crippen LogP contribution in [0.25, 0.3) is 0 Å². The van der Waals surface area contributed by atoms with Gasteiger partial charge in [0, 0.05) is 44.0 Å². The first kappa shape index (κ1) is 26.2. The van der Waals surface area contributed by atoms with Crippen molar-refractivity contribution in [2.75, 3.05) is 30.9 Å². The number of rotatable bonds is 9. The van der Waals surface area contributed by atoms with Gasteiger partial charge in [0.1, 0.15) is 0 Å². The van der Waals surface area contributed by atoms with Crippen LogP contribution in [-0.2, 0) is 11.3 Å². The van der Waals surface area contributed by atoms with Crippen LogP contribution >= 0.6 is 0 Å². The summed E-state index contributed by atoms with van der Waals surface area (Å²) in [5.74, 6) is 0.0826. The van der Waals surface area contributed by atoms with E-state index in [1.807, 2.05) is 81.1 Å². The van der Waals surface area contributed by atoms with E-state index in [0.717, 1.165) is 29.7 Å². The van der Waals surface area contributed by atoms with Gasteiger partial charge in [0.2, 0.25) is 5.91 Å². The Balaban J connectivity index is 2.38. The molecule has 1 unspecified atom stereocenters. The smallest absolute Gasteiger partial charge is 0.319 e. The maximum atomic E-state index is 13.5. The quantitative estimate of drug-likeness (QED) is 0.472. The first-order chi connectivity index (χ1) is 15.5. The third-order valence-corrected chi connectivity index (χ3v) is 5.63. The van der Waals surface area contributed by atoms with Crippen LogP contribution in [0.5, 0.6) is 0 Å². The molecule has 0 bridgehead atoms. The monoisotopic (exact) mass is 452 g/mol. The zero-order valence-corrected chi connectivity index (χ0v) is 21.2. The molecule has 2 aromatic rings. The summed E-state index contributed by atoms with van der Waals surface area (Å²) >= 11 is 0. The van der Waals surface area contributed by atoms with Crippen LogP contribution in [0.4, 0.5) is 16.2 Å². The summed E-state index contributed by atoms with van der Waals surface area (Å²) < 4.78 is 0. The fraction of sp³-hybridized carbons (Fsp3) is 0.481. The van der Waals surface area contributed by atoms with E-state index in [1.54, 1.807) is 0 Å². The predicted octanol–water partition coefficient (Wildman–Crippen LogP) is 5.81. The lowest BCUT2D eigenvalue weighted by molar-refractivity contribution is -0.142. The Morgan fingerprint density at radius 3 is 2.27 bits per heavy atom. The van der Waals surface area contributed by atoms with Crippen LogP contribution in [0.1, 0.15) is 64.6 Å². The van der Waals surface area contributed by atoms with Crippen molar-refractivity contribution in [2.45, 2.75) is 60.0 Å². The number of unbranched alkanes of at least 4 members (excludes halogenated alkanes) is 1. The molecule has 6 nitrogen and oxygen atoms in total. The summed E-state index contributed by atoms with van der Waals surface area (Å²) in [4.78, 5) is 29.8. The zero-order chi connectivity index (χ0) is 24.6. The zero-order valence-electron chi connectivity index (χ0n) is 21.2. The van der Waals surface area contributed by atoms with E-state index in [9.17, 15) is 9.59 Å². The topological polar surface area (TPSA) is 64.7 Å². The van der Waals surface area contributed by atoms with Crippen LogP contribution in [0.3, 0.4) is 0 Å². The Morgan fingerprint density at radius 1 is 1.03 bits per heavy atom. The Hall–Kier alpha value is -3.02. The number of nitrogens with one attached hydrogen (secondary N) is 2. The van der Waals surface area contributed by atoms with E-state index >= 15 is 0 Å². The van der Waals surface area contributed by atoms with Gasteiger partial charge in [0.15, 0.2) is 0 Å². The second kappa shape index (κ2) is 11.7. The molecule has 2 N–H and O–H groups in total. The highest BCUT2D eigenvalue weighted by Crippen LogP contribution is 2.32. The molecule has 0 saturated heterocycles. The van der Waals surface area contributed by atoms with Gasteiger partial charge in [-0.15, -0.1) is 0 Å². The first-order valence-corrected chi connectivity index (χ1v) is 11.8. The average molecular weight is 453 g/mol. The maximum Gasteiger partial charge on any atom is 0.319 e. The molecule has 0 aliphatic heterocycles. The lowest BCUT2D eigenvalue weighted by Gasteiger charge is -2.35. The molecule has 0 aromatic heterocycles. The Labute approximate surface area is 199 Å². The molecule has 0 radical (unpaired) electrons. The lowest BCUT2D eigenvalue weighted by atomic mass is 9.92. The molecule has 0 spiro atoms. The van der Waals surface area contributed by atoms with E-state index in [0.29, 0.717) is 18.8 Å². The second-order valence-corrected chi connectivity index (χ2v) is 9.74. The molecule has 0 aliphatic carbocycles. The van der Waals surface area contributed by atoms with Crippen molar-refractivity contribution in [2.24, 2.45) is 5.41 Å². The van der Waals surface area contributed by atoms with Crippen LogP contribution < -0.4 is 15.5 Å². The number of hydrogen-bond donors (Lipinski definition) is 2. The summed E-state index contributed by atoms with van der Waals surface area (Å²) in [5, 5.41) is 5.81. The third-order valence-electron chi connectivity index (χ3n) is 5.63. The Bertz CT molecular complexity index is 919. The highest BCUT2D eigenvalue weighted by Gasteiger charge is 2.31. The number of urea groups is 1. The number of anilines is 2. The van der Waals surface area contributed by atoms with Crippen LogP contribution in [0.15, 0.2) is 48.5 Å². The van der Waals surface area contributed by atoms with Gasteiger partial charge < -0.3 is 20.4 Å². The summed E-state index contributed by atoms with van der Waals surface area (Å²) in [5.41, 5.74) is 3.27. The minimum Gasteiger partial charge on any atom is -0.377 e. The minimum absolute atomic E-state index is 0.0826. The average Bonchev–Trinajstić information content (AvgIpc) is 2.76. The van der Waals surface area contributed by atoms with Gasteiger partial charge >= 0.3 is 6.03 Å².